The van der Waals surface area contributed by atoms with E-state index in [0.717, 1.165) is 49.0 Å². The van der Waals surface area contributed by atoms with E-state index in [0.29, 0.717) is 0 Å². The van der Waals surface area contributed by atoms with Gasteiger partial charge in [0, 0.05) is 122 Å². The standard InChI is InChI=1S/C37H4.C12H18BNO3S.C12H16O2S.CH4/c1-3-5-7-9-11-13-15-17-19-21-23-25-27-29-31-33-35-37-36-34-32-30-28-26-24-22-20-18-16-14-12-10-8-6-4-2;1-13(15)14-7-3-4-11-6-5-10(8-12(11)14)9-18(2,16)17;1-15(13,14)9-10-6-7-11-4-2-3-5-12(11)8-10;/h1-2H2;5-6,8,15H,3-4,7,9H2,1-2H3;6-8H,2-5,9H2,1H3;1H4. The molecule has 340 valence electrons. The van der Waals surface area contributed by atoms with Gasteiger partial charge in [0.25, 0.3) is 0 Å². The number of nitrogens with zero attached hydrogens (tertiary/aromatic N) is 1. The first-order chi connectivity index (χ1) is 33.8. The Balaban J connectivity index is 0.000000605. The van der Waals surface area contributed by atoms with Crippen molar-refractivity contribution in [1.29, 1.82) is 0 Å². The maximum Gasteiger partial charge on any atom is 0.409 e. The van der Waals surface area contributed by atoms with E-state index in [-0.39, 0.29) is 18.9 Å². The van der Waals surface area contributed by atoms with Gasteiger partial charge in [-0.15, -0.1) is 0 Å². The third-order valence-corrected chi connectivity index (χ3v) is 9.92. The molecule has 0 bridgehead atoms. The van der Waals surface area contributed by atoms with Gasteiger partial charge in [-0.1, -0.05) is 49.2 Å². The van der Waals surface area contributed by atoms with Crippen molar-refractivity contribution in [3.63, 3.8) is 0 Å². The summed E-state index contributed by atoms with van der Waals surface area (Å²) in [5.41, 5.74) is 93.5. The molecule has 4 rings (SSSR count). The van der Waals surface area contributed by atoms with Crippen LogP contribution in [0.15, 0.2) is 250 Å². The molecule has 0 saturated carbocycles. The summed E-state index contributed by atoms with van der Waals surface area (Å²) in [4.78, 5) is 1.92. The predicted octanol–water partition coefficient (Wildman–Crippen LogP) is 10.1. The number of rotatable bonds is 5. The molecule has 0 fully saturated rings. The van der Waals surface area contributed by atoms with Crippen molar-refractivity contribution < 1.29 is 21.9 Å². The van der Waals surface area contributed by atoms with Crippen LogP contribution in [0.3, 0.4) is 0 Å². The lowest BCUT2D eigenvalue weighted by molar-refractivity contribution is 0.563. The Labute approximate surface area is 418 Å². The van der Waals surface area contributed by atoms with Crippen LogP contribution in [0.4, 0.5) is 5.69 Å². The van der Waals surface area contributed by atoms with Gasteiger partial charge in [0.1, 0.15) is 0 Å². The van der Waals surface area contributed by atoms with Gasteiger partial charge in [-0.3, -0.25) is 0 Å². The second-order valence-electron chi connectivity index (χ2n) is 13.8. The van der Waals surface area contributed by atoms with Gasteiger partial charge in [-0.2, -0.15) is 0 Å². The van der Waals surface area contributed by atoms with Crippen molar-refractivity contribution >= 4 is 32.4 Å². The minimum Gasteiger partial charge on any atom is -0.432 e. The molecule has 2 aliphatic rings. The van der Waals surface area contributed by atoms with E-state index in [9.17, 15) is 21.9 Å². The zero-order valence-corrected chi connectivity index (χ0v) is 40.3. The highest BCUT2D eigenvalue weighted by Gasteiger charge is 2.23. The van der Waals surface area contributed by atoms with Crippen molar-refractivity contribution in [1.82, 2.24) is 0 Å². The van der Waals surface area contributed by atoms with Crippen LogP contribution in [0.2, 0.25) is 6.82 Å². The minimum atomic E-state index is -3.02. The van der Waals surface area contributed by atoms with Crippen LogP contribution in [0.25, 0.3) is 0 Å². The fraction of sp³-hybridized carbons (Fsp3) is 0.210. The van der Waals surface area contributed by atoms with Crippen LogP contribution in [0.5, 0.6) is 0 Å². The zero-order chi connectivity index (χ0) is 51.0. The lowest BCUT2D eigenvalue weighted by atomic mass is 9.81. The van der Waals surface area contributed by atoms with Crippen LogP contribution < -0.4 is 4.81 Å². The van der Waals surface area contributed by atoms with Gasteiger partial charge in [0.05, 0.1) is 11.5 Å². The van der Waals surface area contributed by atoms with Gasteiger partial charge in [0.15, 0.2) is 19.7 Å². The molecule has 0 saturated heterocycles. The molecular formula is C62H42BNO5S2. The summed E-state index contributed by atoms with van der Waals surface area (Å²) in [5, 5.41) is 9.76. The second kappa shape index (κ2) is 36.3. The highest BCUT2D eigenvalue weighted by atomic mass is 32.2. The Morgan fingerprint density at radius 1 is 0.451 bits per heavy atom. The van der Waals surface area contributed by atoms with Gasteiger partial charge in [-0.05, 0) is 184 Å². The van der Waals surface area contributed by atoms with Crippen LogP contribution in [0.1, 0.15) is 54.5 Å². The fourth-order valence-electron chi connectivity index (χ4n) is 5.67. The number of fused-ring (bicyclic) bond motifs is 2. The number of anilines is 1. The Hall–Kier alpha value is -9.80. The highest BCUT2D eigenvalue weighted by Crippen LogP contribution is 2.29. The molecule has 1 N–H and O–H groups in total. The average Bonchev–Trinajstić information content (AvgIpc) is 3.32. The molecule has 1 aliphatic carbocycles. The smallest absolute Gasteiger partial charge is 0.409 e. The molecule has 0 unspecified atom stereocenters. The van der Waals surface area contributed by atoms with Crippen LogP contribution >= 0.6 is 0 Å². The fourth-order valence-corrected chi connectivity index (χ4v) is 7.24. The van der Waals surface area contributed by atoms with E-state index in [1.807, 2.05) is 29.1 Å². The molecule has 0 atom stereocenters. The van der Waals surface area contributed by atoms with Gasteiger partial charge in [-0.25, -0.2) is 16.8 Å². The Kier molecular flexibility index (Phi) is 30.3. The SMILES string of the molecule is C.C=C=C=C=C=C=C=C=C=C=C=C=C=C=C=C=C=C=C=C=C=C=C=C=C=C=C=C=C=C=C=C=C=C=C=C=C.CB(O)N1CCCc2ccc(CS(C)(=O)=O)cc21.CS(=O)(=O)Cc1ccc2c(c1)CCCC2. The molecule has 0 spiro atoms. The summed E-state index contributed by atoms with van der Waals surface area (Å²) in [5.74, 6) is 0.216. The van der Waals surface area contributed by atoms with Gasteiger partial charge in [0.2, 0.25) is 0 Å². The lowest BCUT2D eigenvalue weighted by Crippen LogP contribution is -2.40. The first-order valence-corrected chi connectivity index (χ1v) is 24.8. The van der Waals surface area contributed by atoms with Crippen molar-refractivity contribution in [3.05, 3.63) is 278 Å². The van der Waals surface area contributed by atoms with E-state index < -0.39 is 26.7 Å². The van der Waals surface area contributed by atoms with Gasteiger partial charge >= 0.3 is 7.05 Å². The summed E-state index contributed by atoms with van der Waals surface area (Å²) in [6.45, 7) is 9.16. The average molecular weight is 956 g/mol. The van der Waals surface area contributed by atoms with E-state index in [1.165, 1.54) is 42.0 Å². The van der Waals surface area contributed by atoms with Crippen LogP contribution in [0, 0.1) is 0 Å². The summed E-state index contributed by atoms with van der Waals surface area (Å²) in [6, 6.07) is 11.8. The summed E-state index contributed by atoms with van der Waals surface area (Å²) in [7, 11) is -6.47. The third kappa shape index (κ3) is 30.9. The summed E-state index contributed by atoms with van der Waals surface area (Å²) >= 11 is 0. The zero-order valence-electron chi connectivity index (χ0n) is 38.7. The molecule has 0 amide bonds. The van der Waals surface area contributed by atoms with Crippen molar-refractivity contribution in [3.8, 4) is 0 Å². The van der Waals surface area contributed by atoms with Crippen LogP contribution in [-0.4, -0.2) is 48.0 Å². The first-order valence-electron chi connectivity index (χ1n) is 20.6. The predicted molar refractivity (Wildman–Crippen MR) is 277 cm³/mol. The first kappa shape index (κ1) is 59.2. The molecular weight excluding hydrogens is 914 g/mol. The summed E-state index contributed by atoms with van der Waals surface area (Å²) in [6.07, 6.45) is 9.27. The van der Waals surface area contributed by atoms with E-state index in [1.54, 1.807) is 6.82 Å². The van der Waals surface area contributed by atoms with Crippen molar-refractivity contribution in [2.75, 3.05) is 23.9 Å². The lowest BCUT2D eigenvalue weighted by Gasteiger charge is -2.32. The second-order valence-corrected chi connectivity index (χ2v) is 18.1. The highest BCUT2D eigenvalue weighted by molar-refractivity contribution is 7.90. The largest absolute Gasteiger partial charge is 0.432 e. The maximum absolute atomic E-state index is 11.3. The number of benzene rings is 2. The van der Waals surface area contributed by atoms with E-state index in [4.69, 9.17) is 0 Å². The number of hydrogen-bond donors (Lipinski definition) is 1. The molecule has 71 heavy (non-hydrogen) atoms. The molecule has 1 aliphatic heterocycles. The molecule has 9 heteroatoms. The number of sulfone groups is 2. The third-order valence-electron chi connectivity index (χ3n) is 8.20. The normalized spacial score (nSPS) is 9.32. The molecule has 1 heterocycles. The molecule has 0 radical (unpaired) electrons. The maximum atomic E-state index is 11.3. The number of hydrogen-bond acceptors (Lipinski definition) is 6. The molecule has 6 nitrogen and oxygen atoms in total. The Morgan fingerprint density at radius 2 is 0.732 bits per heavy atom. The molecule has 2 aromatic carbocycles. The van der Waals surface area contributed by atoms with Crippen molar-refractivity contribution in [2.45, 2.75) is 64.3 Å². The van der Waals surface area contributed by atoms with Crippen molar-refractivity contribution in [2.24, 2.45) is 0 Å². The van der Waals surface area contributed by atoms with Gasteiger partial charge < -0.3 is 9.83 Å². The number of aryl methyl sites for hydroxylation is 3. The Morgan fingerprint density at radius 3 is 1.04 bits per heavy atom. The topological polar surface area (TPSA) is 91.8 Å². The minimum absolute atomic E-state index is 0. The molecule has 0 aromatic heterocycles. The Bertz CT molecular complexity index is 3880. The monoisotopic (exact) mass is 955 g/mol. The summed E-state index contributed by atoms with van der Waals surface area (Å²) < 4.78 is 45.0. The van der Waals surface area contributed by atoms with E-state index >= 15 is 0 Å². The van der Waals surface area contributed by atoms with E-state index in [2.05, 4.69) is 226 Å². The quantitative estimate of drug-likeness (QED) is 0.237. The van der Waals surface area contributed by atoms with Crippen LogP contribution in [-0.2, 0) is 50.4 Å². The molecule has 2 aromatic rings.